The maximum atomic E-state index is 12.5. The number of rotatable bonds is 4. The molecule has 0 saturated carbocycles. The van der Waals surface area contributed by atoms with E-state index in [1.807, 2.05) is 49.4 Å². The maximum Gasteiger partial charge on any atom is 0.262 e. The number of benzene rings is 2. The normalized spacial score (nSPS) is 11.2. The zero-order valence-electron chi connectivity index (χ0n) is 14.8. The van der Waals surface area contributed by atoms with Crippen LogP contribution in [0.3, 0.4) is 0 Å². The molecule has 0 aliphatic rings. The molecule has 0 fully saturated rings. The number of carbonyl (C=O) groups is 1. The van der Waals surface area contributed by atoms with Gasteiger partial charge < -0.3 is 5.32 Å². The van der Waals surface area contributed by atoms with Crippen molar-refractivity contribution in [2.45, 2.75) is 12.1 Å². The monoisotopic (exact) mass is 379 g/mol. The Bertz CT molecular complexity index is 1210. The number of nitrogens with one attached hydrogen (secondary N) is 1. The smallest absolute Gasteiger partial charge is 0.262 e. The molecule has 0 radical (unpaired) electrons. The Hall–Kier alpha value is -3.13. The molecule has 0 spiro atoms. The molecule has 8 heteroatoms. The van der Waals surface area contributed by atoms with Crippen LogP contribution in [-0.4, -0.2) is 30.8 Å². The molecule has 27 heavy (non-hydrogen) atoms. The van der Waals surface area contributed by atoms with Crippen molar-refractivity contribution in [1.29, 1.82) is 0 Å². The lowest BCUT2D eigenvalue weighted by molar-refractivity contribution is -0.113. The van der Waals surface area contributed by atoms with E-state index in [4.69, 9.17) is 0 Å². The van der Waals surface area contributed by atoms with Crippen LogP contribution in [0.1, 0.15) is 5.56 Å². The molecule has 0 aliphatic heterocycles. The summed E-state index contributed by atoms with van der Waals surface area (Å²) in [6.45, 7) is 2.00. The molecule has 4 rings (SSSR count). The number of nitrogens with zero attached hydrogens (tertiary/aromatic N) is 4. The summed E-state index contributed by atoms with van der Waals surface area (Å²) in [5, 5.41) is 12.3. The van der Waals surface area contributed by atoms with Crippen LogP contribution >= 0.6 is 11.8 Å². The van der Waals surface area contributed by atoms with Gasteiger partial charge in [-0.1, -0.05) is 41.6 Å². The lowest BCUT2D eigenvalue weighted by atomic mass is 10.2. The van der Waals surface area contributed by atoms with Crippen LogP contribution in [0.4, 0.5) is 5.69 Å². The summed E-state index contributed by atoms with van der Waals surface area (Å²) < 4.78 is 3.27. The Balaban J connectivity index is 1.62. The number of amides is 1. The third-order valence-electron chi connectivity index (χ3n) is 4.26. The minimum Gasteiger partial charge on any atom is -0.325 e. The van der Waals surface area contributed by atoms with E-state index in [0.717, 1.165) is 16.8 Å². The van der Waals surface area contributed by atoms with Gasteiger partial charge in [0.05, 0.1) is 16.7 Å². The van der Waals surface area contributed by atoms with Crippen molar-refractivity contribution in [2.75, 3.05) is 11.1 Å². The van der Waals surface area contributed by atoms with Crippen LogP contribution in [0, 0.1) is 6.92 Å². The van der Waals surface area contributed by atoms with E-state index in [1.54, 1.807) is 17.5 Å². The first kappa shape index (κ1) is 17.3. The summed E-state index contributed by atoms with van der Waals surface area (Å²) in [6, 6.07) is 14.9. The number of fused-ring (bicyclic) bond motifs is 3. The van der Waals surface area contributed by atoms with Gasteiger partial charge in [0.25, 0.3) is 5.56 Å². The summed E-state index contributed by atoms with van der Waals surface area (Å²) in [5.74, 6) is 0.501. The Morgan fingerprint density at radius 3 is 2.63 bits per heavy atom. The first-order chi connectivity index (χ1) is 13.0. The number of thioether (sulfide) groups is 1. The van der Waals surface area contributed by atoms with Gasteiger partial charge in [-0.15, -0.1) is 10.2 Å². The SMILES string of the molecule is Cc1ccc(NC(=O)CSc2nnc3n(C)c(=O)c4ccccc4n23)cc1. The van der Waals surface area contributed by atoms with Gasteiger partial charge in [0.15, 0.2) is 5.16 Å². The number of aryl methyl sites for hydroxylation is 2. The molecular weight excluding hydrogens is 362 g/mol. The quantitative estimate of drug-likeness (QED) is 0.551. The third-order valence-corrected chi connectivity index (χ3v) is 5.19. The number of anilines is 1. The molecule has 0 saturated heterocycles. The molecule has 136 valence electrons. The molecule has 7 nitrogen and oxygen atoms in total. The zero-order chi connectivity index (χ0) is 19.0. The van der Waals surface area contributed by atoms with Crippen LogP contribution in [0.2, 0.25) is 0 Å². The molecule has 1 N–H and O–H groups in total. The highest BCUT2D eigenvalue weighted by Gasteiger charge is 2.15. The zero-order valence-corrected chi connectivity index (χ0v) is 15.7. The van der Waals surface area contributed by atoms with Crippen molar-refractivity contribution in [3.8, 4) is 0 Å². The standard InChI is InChI=1S/C19H17N5O2S/c1-12-7-9-13(10-8-12)20-16(25)11-27-19-22-21-18-23(2)17(26)14-5-3-4-6-15(14)24(18)19/h3-10H,11H2,1-2H3,(H,20,25). The fourth-order valence-corrected chi connectivity index (χ4v) is 3.61. The van der Waals surface area contributed by atoms with Gasteiger partial charge in [0, 0.05) is 12.7 Å². The first-order valence-electron chi connectivity index (χ1n) is 8.37. The van der Waals surface area contributed by atoms with Gasteiger partial charge in [-0.2, -0.15) is 0 Å². The molecule has 0 aliphatic carbocycles. The van der Waals surface area contributed by atoms with Crippen molar-refractivity contribution >= 4 is 40.0 Å². The minimum atomic E-state index is -0.130. The molecule has 2 aromatic carbocycles. The molecular formula is C19H17N5O2S. The van der Waals surface area contributed by atoms with Crippen molar-refractivity contribution in [3.63, 3.8) is 0 Å². The van der Waals surface area contributed by atoms with Crippen LogP contribution < -0.4 is 10.9 Å². The fraction of sp³-hybridized carbons (Fsp3) is 0.158. The average Bonchev–Trinajstić information content (AvgIpc) is 3.10. The van der Waals surface area contributed by atoms with Crippen molar-refractivity contribution in [2.24, 2.45) is 7.05 Å². The van der Waals surface area contributed by atoms with Gasteiger partial charge in [-0.3, -0.25) is 18.6 Å². The first-order valence-corrected chi connectivity index (χ1v) is 9.35. The van der Waals surface area contributed by atoms with Crippen molar-refractivity contribution < 1.29 is 4.79 Å². The van der Waals surface area contributed by atoms with E-state index in [2.05, 4.69) is 15.5 Å². The topological polar surface area (TPSA) is 81.3 Å². The Kier molecular flexibility index (Phi) is 4.41. The second kappa shape index (κ2) is 6.88. The fourth-order valence-electron chi connectivity index (χ4n) is 2.87. The molecule has 0 atom stereocenters. The van der Waals surface area contributed by atoms with Gasteiger partial charge >= 0.3 is 0 Å². The number of aromatic nitrogens is 4. The molecule has 2 aromatic heterocycles. The van der Waals surface area contributed by atoms with Crippen molar-refractivity contribution in [1.82, 2.24) is 19.2 Å². The van der Waals surface area contributed by atoms with Gasteiger partial charge in [0.1, 0.15) is 0 Å². The summed E-state index contributed by atoms with van der Waals surface area (Å²) in [7, 11) is 1.66. The lowest BCUT2D eigenvalue weighted by Crippen LogP contribution is -2.20. The van der Waals surface area contributed by atoms with E-state index in [0.29, 0.717) is 16.3 Å². The highest BCUT2D eigenvalue weighted by atomic mass is 32.2. The maximum absolute atomic E-state index is 12.5. The predicted molar refractivity (Wildman–Crippen MR) is 106 cm³/mol. The van der Waals surface area contributed by atoms with E-state index in [9.17, 15) is 9.59 Å². The van der Waals surface area contributed by atoms with Crippen LogP contribution in [-0.2, 0) is 11.8 Å². The van der Waals surface area contributed by atoms with E-state index in [-0.39, 0.29) is 17.2 Å². The summed E-state index contributed by atoms with van der Waals surface area (Å²) in [6.07, 6.45) is 0. The third kappa shape index (κ3) is 3.19. The Morgan fingerprint density at radius 2 is 1.85 bits per heavy atom. The van der Waals surface area contributed by atoms with Gasteiger partial charge in [0.2, 0.25) is 11.7 Å². The van der Waals surface area contributed by atoms with E-state index >= 15 is 0 Å². The summed E-state index contributed by atoms with van der Waals surface area (Å²) in [4.78, 5) is 24.7. The van der Waals surface area contributed by atoms with Gasteiger partial charge in [-0.05, 0) is 31.2 Å². The molecule has 0 bridgehead atoms. The molecule has 4 aromatic rings. The largest absolute Gasteiger partial charge is 0.325 e. The number of hydrogen-bond donors (Lipinski definition) is 1. The van der Waals surface area contributed by atoms with E-state index in [1.165, 1.54) is 16.3 Å². The van der Waals surface area contributed by atoms with Crippen LogP contribution in [0.15, 0.2) is 58.5 Å². The Labute approximate surface area is 159 Å². The predicted octanol–water partition coefficient (Wildman–Crippen LogP) is 2.62. The molecule has 1 amide bonds. The van der Waals surface area contributed by atoms with Crippen LogP contribution in [0.5, 0.6) is 0 Å². The number of para-hydroxylation sites is 1. The highest BCUT2D eigenvalue weighted by Crippen LogP contribution is 2.21. The number of carbonyl (C=O) groups excluding carboxylic acids is 1. The minimum absolute atomic E-state index is 0.126. The second-order valence-corrected chi connectivity index (χ2v) is 7.14. The molecule has 0 unspecified atom stereocenters. The van der Waals surface area contributed by atoms with Gasteiger partial charge in [-0.25, -0.2) is 0 Å². The lowest BCUT2D eigenvalue weighted by Gasteiger charge is -2.08. The van der Waals surface area contributed by atoms with Crippen LogP contribution in [0.25, 0.3) is 16.7 Å². The average molecular weight is 379 g/mol. The number of hydrogen-bond acceptors (Lipinski definition) is 5. The van der Waals surface area contributed by atoms with Crippen molar-refractivity contribution in [3.05, 3.63) is 64.4 Å². The second-order valence-electron chi connectivity index (χ2n) is 6.20. The molecule has 2 heterocycles. The van der Waals surface area contributed by atoms with E-state index < -0.39 is 0 Å². The highest BCUT2D eigenvalue weighted by molar-refractivity contribution is 7.99. The Morgan fingerprint density at radius 1 is 1.11 bits per heavy atom. The summed E-state index contributed by atoms with van der Waals surface area (Å²) >= 11 is 1.28. The summed E-state index contributed by atoms with van der Waals surface area (Å²) in [5.41, 5.74) is 2.49.